The summed E-state index contributed by atoms with van der Waals surface area (Å²) in [5.41, 5.74) is -7.80. The van der Waals surface area contributed by atoms with Gasteiger partial charge < -0.3 is 24.5 Å². The van der Waals surface area contributed by atoms with Crippen molar-refractivity contribution < 1.29 is 34.1 Å². The second kappa shape index (κ2) is 5.69. The van der Waals surface area contributed by atoms with E-state index in [9.17, 15) is 29.7 Å². The van der Waals surface area contributed by atoms with Crippen LogP contribution < -0.4 is 10.4 Å². The molecule has 5 atom stereocenters. The minimum absolute atomic E-state index is 0.118. The van der Waals surface area contributed by atoms with Gasteiger partial charge in [-0.1, -0.05) is 6.92 Å². The Labute approximate surface area is 173 Å². The van der Waals surface area contributed by atoms with Gasteiger partial charge >= 0.3 is 5.63 Å². The maximum atomic E-state index is 13.3. The van der Waals surface area contributed by atoms with Gasteiger partial charge in [-0.25, -0.2) is 4.79 Å². The van der Waals surface area contributed by atoms with Crippen LogP contribution in [0.25, 0.3) is 6.08 Å². The fourth-order valence-electron chi connectivity index (χ4n) is 5.22. The molecule has 2 fully saturated rings. The molecular weight excluding hydrogens is 392 g/mol. The van der Waals surface area contributed by atoms with Gasteiger partial charge in [0.05, 0.1) is 5.41 Å². The summed E-state index contributed by atoms with van der Waals surface area (Å²) in [6.07, 6.45) is -0.947. The Morgan fingerprint density at radius 2 is 1.70 bits per heavy atom. The fraction of sp³-hybridized carbons (Fsp3) is 0.591. The SMILES string of the molecule is Cc1oc(=O)c2c(c1C)O[C@@]1(C)C(=C2)[C@@H](C)[C@]2(O)CC(=O)C(C)(C)C(=O)[C@@]2(O)[C@H]1O. The summed E-state index contributed by atoms with van der Waals surface area (Å²) in [7, 11) is 0. The van der Waals surface area contributed by atoms with Crippen LogP contribution in [0.3, 0.4) is 0 Å². The van der Waals surface area contributed by atoms with Gasteiger partial charge in [-0.2, -0.15) is 0 Å². The first-order valence-corrected chi connectivity index (χ1v) is 9.90. The van der Waals surface area contributed by atoms with Gasteiger partial charge in [0.1, 0.15) is 34.6 Å². The third-order valence-electron chi connectivity index (χ3n) is 7.57. The molecule has 2 saturated carbocycles. The van der Waals surface area contributed by atoms with Crippen LogP contribution in [0, 0.1) is 25.2 Å². The van der Waals surface area contributed by atoms with Crippen LogP contribution >= 0.6 is 0 Å². The average Bonchev–Trinajstić information content (AvgIpc) is 2.67. The van der Waals surface area contributed by atoms with Crippen LogP contribution in [0.15, 0.2) is 14.8 Å². The van der Waals surface area contributed by atoms with Gasteiger partial charge in [-0.05, 0) is 46.3 Å². The first-order valence-electron chi connectivity index (χ1n) is 9.90. The number of Topliss-reactive ketones (excluding diaryl/α,β-unsaturated/α-hetero) is 2. The largest absolute Gasteiger partial charge is 0.479 e. The van der Waals surface area contributed by atoms with Crippen LogP contribution in [-0.2, 0) is 9.59 Å². The highest BCUT2D eigenvalue weighted by Crippen LogP contribution is 2.58. The highest BCUT2D eigenvalue weighted by atomic mass is 16.5. The molecule has 1 aromatic heterocycles. The lowest BCUT2D eigenvalue weighted by Crippen LogP contribution is -2.83. The quantitative estimate of drug-likeness (QED) is 0.528. The Balaban J connectivity index is 2.02. The van der Waals surface area contributed by atoms with E-state index in [-0.39, 0.29) is 11.3 Å². The van der Waals surface area contributed by atoms with Crippen LogP contribution in [-0.4, -0.2) is 49.8 Å². The number of aryl methyl sites for hydroxylation is 1. The third-order valence-corrected chi connectivity index (χ3v) is 7.57. The molecule has 3 N–H and O–H groups in total. The van der Waals surface area contributed by atoms with E-state index in [0.29, 0.717) is 16.9 Å². The highest BCUT2D eigenvalue weighted by molar-refractivity contribution is 6.14. The molecule has 8 nitrogen and oxygen atoms in total. The van der Waals surface area contributed by atoms with Crippen LogP contribution in [0.4, 0.5) is 0 Å². The predicted octanol–water partition coefficient (Wildman–Crippen LogP) is 0.832. The molecule has 30 heavy (non-hydrogen) atoms. The van der Waals surface area contributed by atoms with Gasteiger partial charge in [-0.3, -0.25) is 9.59 Å². The van der Waals surface area contributed by atoms with Crippen molar-refractivity contribution in [3.8, 4) is 5.75 Å². The summed E-state index contributed by atoms with van der Waals surface area (Å²) in [5, 5.41) is 34.4. The lowest BCUT2D eigenvalue weighted by atomic mass is 9.48. The maximum absolute atomic E-state index is 13.3. The highest BCUT2D eigenvalue weighted by Gasteiger charge is 2.77. The molecule has 2 heterocycles. The Kier molecular flexibility index (Phi) is 3.97. The van der Waals surface area contributed by atoms with E-state index >= 15 is 0 Å². The molecule has 1 aliphatic heterocycles. The zero-order chi connectivity index (χ0) is 22.6. The zero-order valence-corrected chi connectivity index (χ0v) is 17.8. The minimum Gasteiger partial charge on any atom is -0.479 e. The van der Waals surface area contributed by atoms with Crippen molar-refractivity contribution in [2.24, 2.45) is 11.3 Å². The summed E-state index contributed by atoms with van der Waals surface area (Å²) in [6, 6.07) is 0. The van der Waals surface area contributed by atoms with Gasteiger partial charge in [0, 0.05) is 17.9 Å². The van der Waals surface area contributed by atoms with E-state index in [1.165, 1.54) is 33.8 Å². The van der Waals surface area contributed by atoms with Crippen LogP contribution in [0.5, 0.6) is 5.75 Å². The Hall–Kier alpha value is -2.29. The summed E-state index contributed by atoms with van der Waals surface area (Å²) in [4.78, 5) is 38.4. The first-order chi connectivity index (χ1) is 13.6. The van der Waals surface area contributed by atoms with Gasteiger partial charge in [0.2, 0.25) is 0 Å². The molecule has 3 aliphatic rings. The molecule has 0 radical (unpaired) electrons. The third kappa shape index (κ3) is 2.09. The van der Waals surface area contributed by atoms with Crippen molar-refractivity contribution in [3.63, 3.8) is 0 Å². The molecule has 0 saturated heterocycles. The number of aliphatic hydroxyl groups is 3. The monoisotopic (exact) mass is 418 g/mol. The van der Waals surface area contributed by atoms with Gasteiger partial charge in [0.25, 0.3) is 0 Å². The summed E-state index contributed by atoms with van der Waals surface area (Å²) in [5.74, 6) is -1.94. The summed E-state index contributed by atoms with van der Waals surface area (Å²) < 4.78 is 11.3. The topological polar surface area (TPSA) is 134 Å². The average molecular weight is 418 g/mol. The molecule has 0 amide bonds. The number of ether oxygens (including phenoxy) is 1. The number of carbonyl (C=O) groups is 2. The van der Waals surface area contributed by atoms with E-state index in [4.69, 9.17) is 9.15 Å². The second-order valence-corrected chi connectivity index (χ2v) is 9.49. The second-order valence-electron chi connectivity index (χ2n) is 9.49. The Morgan fingerprint density at radius 1 is 1.10 bits per heavy atom. The molecule has 0 spiro atoms. The van der Waals surface area contributed by atoms with Crippen molar-refractivity contribution in [2.45, 2.75) is 70.9 Å². The molecule has 0 unspecified atom stereocenters. The Bertz CT molecular complexity index is 1100. The molecule has 1 aromatic rings. The number of rotatable bonds is 0. The van der Waals surface area contributed by atoms with E-state index in [0.717, 1.165) is 0 Å². The summed E-state index contributed by atoms with van der Waals surface area (Å²) in [6.45, 7) is 9.08. The van der Waals surface area contributed by atoms with Crippen molar-refractivity contribution in [1.29, 1.82) is 0 Å². The van der Waals surface area contributed by atoms with Crippen molar-refractivity contribution in [3.05, 3.63) is 32.9 Å². The van der Waals surface area contributed by atoms with Crippen molar-refractivity contribution in [2.75, 3.05) is 0 Å². The van der Waals surface area contributed by atoms with E-state index in [1.807, 2.05) is 0 Å². The normalized spacial score (nSPS) is 39.4. The minimum atomic E-state index is -2.64. The van der Waals surface area contributed by atoms with Gasteiger partial charge in [0.15, 0.2) is 17.0 Å². The van der Waals surface area contributed by atoms with Crippen molar-refractivity contribution in [1.82, 2.24) is 0 Å². The Morgan fingerprint density at radius 3 is 2.30 bits per heavy atom. The molecular formula is C22H26O8. The van der Waals surface area contributed by atoms with Gasteiger partial charge in [-0.15, -0.1) is 0 Å². The van der Waals surface area contributed by atoms with E-state index < -0.39 is 57.9 Å². The van der Waals surface area contributed by atoms with E-state index in [2.05, 4.69) is 0 Å². The molecule has 2 aliphatic carbocycles. The number of hydrogen-bond acceptors (Lipinski definition) is 8. The van der Waals surface area contributed by atoms with Crippen LogP contribution in [0.1, 0.15) is 51.0 Å². The molecule has 0 bridgehead atoms. The van der Waals surface area contributed by atoms with Crippen LogP contribution in [0.2, 0.25) is 0 Å². The lowest BCUT2D eigenvalue weighted by molar-refractivity contribution is -0.267. The summed E-state index contributed by atoms with van der Waals surface area (Å²) >= 11 is 0. The van der Waals surface area contributed by atoms with E-state index in [1.54, 1.807) is 13.8 Å². The van der Waals surface area contributed by atoms with Crippen molar-refractivity contribution >= 4 is 17.6 Å². The standard InChI is InChI=1S/C22H26O8/c1-9-11(3)29-16(24)12-7-13-10(2)21(27)8-14(23)19(4,5)17(25)22(21,28)18(26)20(13,6)30-15(9)12/h7,10,18,26-28H,8H2,1-6H3/t10-,18+,20+,21-,22-/m1/s1. The molecule has 162 valence electrons. The lowest BCUT2D eigenvalue weighted by Gasteiger charge is -2.62. The zero-order valence-electron chi connectivity index (χ0n) is 17.8. The number of fused-ring (bicyclic) bond motifs is 3. The molecule has 8 heteroatoms. The molecule has 4 rings (SSSR count). The first kappa shape index (κ1) is 21.0. The smallest absolute Gasteiger partial charge is 0.347 e. The fourth-order valence-corrected chi connectivity index (χ4v) is 5.22. The number of carbonyl (C=O) groups excluding carboxylic acids is 2. The number of ketones is 2. The molecule has 0 aromatic carbocycles. The number of hydrogen-bond donors (Lipinski definition) is 3. The predicted molar refractivity (Wildman–Crippen MR) is 105 cm³/mol. The number of aliphatic hydroxyl groups excluding tert-OH is 1. The maximum Gasteiger partial charge on any atom is 0.347 e.